The molecule has 0 aliphatic carbocycles. The zero-order valence-corrected chi connectivity index (χ0v) is 16.5. The van der Waals surface area contributed by atoms with E-state index in [1.807, 2.05) is 25.2 Å². The number of carboxylic acids is 1. The van der Waals surface area contributed by atoms with Gasteiger partial charge in [-0.3, -0.25) is 4.79 Å². The molecule has 2 saturated heterocycles. The molecule has 5 nitrogen and oxygen atoms in total. The minimum Gasteiger partial charge on any atom is -0.481 e. The molecule has 0 spiro atoms. The molecule has 2 aliphatic heterocycles. The molecule has 0 unspecified atom stereocenters. The van der Waals surface area contributed by atoms with Crippen LogP contribution in [0.15, 0.2) is 24.3 Å². The van der Waals surface area contributed by atoms with Crippen LogP contribution < -0.4 is 0 Å². The number of rotatable bonds is 12. The third-order valence-electron chi connectivity index (χ3n) is 5.43. The van der Waals surface area contributed by atoms with Crippen LogP contribution in [0.5, 0.6) is 0 Å². The summed E-state index contributed by atoms with van der Waals surface area (Å²) in [6.07, 6.45) is 14.3. The summed E-state index contributed by atoms with van der Waals surface area (Å²) in [4.78, 5) is 10.5. The summed E-state index contributed by atoms with van der Waals surface area (Å²) in [5.41, 5.74) is 0. The maximum absolute atomic E-state index is 12.5. The summed E-state index contributed by atoms with van der Waals surface area (Å²) in [7, 11) is -3.05. The second kappa shape index (κ2) is 10.3. The summed E-state index contributed by atoms with van der Waals surface area (Å²) in [6, 6.07) is 0. The SMILES string of the molecule is CC=CCCCS(=O)(=O)C[C@@H]1[C@H](CC=CCCCC(=O)O)[C@@H]2CC[C@H]1O2. The van der Waals surface area contributed by atoms with E-state index < -0.39 is 15.8 Å². The van der Waals surface area contributed by atoms with E-state index in [0.29, 0.717) is 12.8 Å². The Labute approximate surface area is 157 Å². The van der Waals surface area contributed by atoms with Crippen LogP contribution in [-0.2, 0) is 19.4 Å². The molecule has 0 amide bonds. The quantitative estimate of drug-likeness (QED) is 0.409. The molecule has 0 aromatic rings. The van der Waals surface area contributed by atoms with E-state index in [-0.39, 0.29) is 42.0 Å². The fourth-order valence-corrected chi connectivity index (χ4v) is 5.96. The molecule has 1 N–H and O–H groups in total. The van der Waals surface area contributed by atoms with Crippen LogP contribution in [0.2, 0.25) is 0 Å². The Morgan fingerprint density at radius 1 is 1.08 bits per heavy atom. The maximum atomic E-state index is 12.5. The summed E-state index contributed by atoms with van der Waals surface area (Å²) in [5, 5.41) is 8.65. The third kappa shape index (κ3) is 6.54. The molecule has 6 heteroatoms. The molecule has 4 atom stereocenters. The zero-order valence-electron chi connectivity index (χ0n) is 15.7. The standard InChI is InChI=1S/C20H32O5S/c1-2-3-4-9-14-26(23,24)15-17-16(18-12-13-19(17)25-18)10-7-5-6-8-11-20(21)22/h2-3,5,7,16-19H,4,6,8-15H2,1H3,(H,21,22)/t16-,17+,18-,19+/m0/s1. The Morgan fingerprint density at radius 2 is 1.77 bits per heavy atom. The van der Waals surface area contributed by atoms with E-state index in [4.69, 9.17) is 9.84 Å². The van der Waals surface area contributed by atoms with Crippen LogP contribution >= 0.6 is 0 Å². The van der Waals surface area contributed by atoms with E-state index in [1.165, 1.54) is 0 Å². The highest BCUT2D eigenvalue weighted by molar-refractivity contribution is 7.91. The molecular formula is C20H32O5S. The lowest BCUT2D eigenvalue weighted by Gasteiger charge is -2.27. The number of sulfone groups is 1. The second-order valence-electron chi connectivity index (χ2n) is 7.44. The van der Waals surface area contributed by atoms with Crippen molar-refractivity contribution in [3.05, 3.63) is 24.3 Å². The largest absolute Gasteiger partial charge is 0.481 e. The van der Waals surface area contributed by atoms with Gasteiger partial charge in [-0.1, -0.05) is 24.3 Å². The number of allylic oxidation sites excluding steroid dienone is 4. The topological polar surface area (TPSA) is 80.7 Å². The molecule has 2 rings (SSSR count). The summed E-state index contributed by atoms with van der Waals surface area (Å²) in [5.74, 6) is 0.100. The average molecular weight is 385 g/mol. The van der Waals surface area contributed by atoms with Gasteiger partial charge >= 0.3 is 5.97 Å². The van der Waals surface area contributed by atoms with Crippen LogP contribution in [0.1, 0.15) is 58.3 Å². The van der Waals surface area contributed by atoms with Crippen molar-refractivity contribution in [3.63, 3.8) is 0 Å². The first-order valence-corrected chi connectivity index (χ1v) is 11.6. The Bertz CT molecular complexity index is 608. The van der Waals surface area contributed by atoms with Gasteiger partial charge in [0.25, 0.3) is 0 Å². The lowest BCUT2D eigenvalue weighted by molar-refractivity contribution is -0.137. The van der Waals surface area contributed by atoms with Crippen molar-refractivity contribution in [2.45, 2.75) is 70.5 Å². The highest BCUT2D eigenvalue weighted by Crippen LogP contribution is 2.45. The average Bonchev–Trinajstić information content (AvgIpc) is 3.16. The smallest absolute Gasteiger partial charge is 0.303 e. The number of ether oxygens (including phenoxy) is 1. The first kappa shape index (κ1) is 21.2. The Kier molecular flexibility index (Phi) is 8.35. The maximum Gasteiger partial charge on any atom is 0.303 e. The number of fused-ring (bicyclic) bond motifs is 2. The summed E-state index contributed by atoms with van der Waals surface area (Å²) >= 11 is 0. The van der Waals surface area contributed by atoms with Crippen molar-refractivity contribution in [2.75, 3.05) is 11.5 Å². The van der Waals surface area contributed by atoms with E-state index >= 15 is 0 Å². The molecule has 148 valence electrons. The van der Waals surface area contributed by atoms with Crippen molar-refractivity contribution in [1.29, 1.82) is 0 Å². The Balaban J connectivity index is 1.83. The van der Waals surface area contributed by atoms with Crippen LogP contribution in [-0.4, -0.2) is 43.2 Å². The number of hydrogen-bond donors (Lipinski definition) is 1. The lowest BCUT2D eigenvalue weighted by atomic mass is 9.78. The number of aliphatic carboxylic acids is 1. The van der Waals surface area contributed by atoms with E-state index in [2.05, 4.69) is 6.08 Å². The van der Waals surface area contributed by atoms with Crippen LogP contribution in [0.3, 0.4) is 0 Å². The first-order valence-electron chi connectivity index (χ1n) is 9.77. The van der Waals surface area contributed by atoms with Crippen LogP contribution in [0.25, 0.3) is 0 Å². The van der Waals surface area contributed by atoms with Gasteiger partial charge in [-0.2, -0.15) is 0 Å². The predicted molar refractivity (Wildman–Crippen MR) is 103 cm³/mol. The van der Waals surface area contributed by atoms with Gasteiger partial charge in [-0.15, -0.1) is 0 Å². The van der Waals surface area contributed by atoms with Crippen LogP contribution in [0, 0.1) is 11.8 Å². The molecule has 0 aromatic carbocycles. The number of hydrogen-bond acceptors (Lipinski definition) is 4. The van der Waals surface area contributed by atoms with Gasteiger partial charge in [0.2, 0.25) is 0 Å². The van der Waals surface area contributed by atoms with Gasteiger partial charge in [0.05, 0.1) is 23.7 Å². The van der Waals surface area contributed by atoms with Gasteiger partial charge in [0, 0.05) is 12.3 Å². The van der Waals surface area contributed by atoms with E-state index in [0.717, 1.165) is 32.1 Å². The zero-order chi connectivity index (χ0) is 19.0. The van der Waals surface area contributed by atoms with Gasteiger partial charge in [0.1, 0.15) is 0 Å². The fraction of sp³-hybridized carbons (Fsp3) is 0.750. The molecule has 2 heterocycles. The van der Waals surface area contributed by atoms with Gasteiger partial charge in [0.15, 0.2) is 9.84 Å². The van der Waals surface area contributed by atoms with Crippen molar-refractivity contribution in [3.8, 4) is 0 Å². The molecular weight excluding hydrogens is 352 g/mol. The number of unbranched alkanes of at least 4 members (excludes halogenated alkanes) is 2. The fourth-order valence-electron chi connectivity index (χ4n) is 4.13. The predicted octanol–water partition coefficient (Wildman–Crippen LogP) is 3.75. The molecule has 2 aliphatic rings. The molecule has 26 heavy (non-hydrogen) atoms. The number of carboxylic acid groups (broad SMARTS) is 1. The monoisotopic (exact) mass is 384 g/mol. The van der Waals surface area contributed by atoms with Gasteiger partial charge in [-0.05, 0) is 57.8 Å². The minimum atomic E-state index is -3.05. The molecule has 2 bridgehead atoms. The Morgan fingerprint density at radius 3 is 2.46 bits per heavy atom. The third-order valence-corrected chi connectivity index (χ3v) is 7.24. The normalized spacial score (nSPS) is 28.5. The van der Waals surface area contributed by atoms with Crippen molar-refractivity contribution in [2.24, 2.45) is 11.8 Å². The minimum absolute atomic E-state index is 0.0933. The van der Waals surface area contributed by atoms with Crippen molar-refractivity contribution < 1.29 is 23.1 Å². The van der Waals surface area contributed by atoms with Crippen molar-refractivity contribution >= 4 is 15.8 Å². The van der Waals surface area contributed by atoms with Gasteiger partial charge < -0.3 is 9.84 Å². The second-order valence-corrected chi connectivity index (χ2v) is 9.67. The van der Waals surface area contributed by atoms with E-state index in [9.17, 15) is 13.2 Å². The molecule has 0 radical (unpaired) electrons. The van der Waals surface area contributed by atoms with E-state index in [1.54, 1.807) is 0 Å². The highest BCUT2D eigenvalue weighted by Gasteiger charge is 2.49. The molecule has 2 fully saturated rings. The van der Waals surface area contributed by atoms with Crippen molar-refractivity contribution in [1.82, 2.24) is 0 Å². The Hall–Kier alpha value is -1.14. The first-order chi connectivity index (χ1) is 12.4. The highest BCUT2D eigenvalue weighted by atomic mass is 32.2. The summed E-state index contributed by atoms with van der Waals surface area (Å²) < 4.78 is 31.0. The lowest BCUT2D eigenvalue weighted by Crippen LogP contribution is -2.33. The molecule has 0 aromatic heterocycles. The molecule has 0 saturated carbocycles. The van der Waals surface area contributed by atoms with Gasteiger partial charge in [-0.25, -0.2) is 8.42 Å². The van der Waals surface area contributed by atoms with Crippen LogP contribution in [0.4, 0.5) is 0 Å². The number of carbonyl (C=O) groups is 1. The summed E-state index contributed by atoms with van der Waals surface area (Å²) in [6.45, 7) is 1.95.